The van der Waals surface area contributed by atoms with Gasteiger partial charge in [-0.05, 0) is 49.4 Å². The summed E-state index contributed by atoms with van der Waals surface area (Å²) in [5.41, 5.74) is 6.41. The van der Waals surface area contributed by atoms with Gasteiger partial charge in [0.25, 0.3) is 15.9 Å². The lowest BCUT2D eigenvalue weighted by Gasteiger charge is -2.13. The van der Waals surface area contributed by atoms with Crippen LogP contribution in [0, 0.1) is 0 Å². The minimum atomic E-state index is -3.85. The third-order valence-electron chi connectivity index (χ3n) is 4.66. The summed E-state index contributed by atoms with van der Waals surface area (Å²) in [5.74, 6) is 0.0154. The molecule has 1 aromatic heterocycles. The van der Waals surface area contributed by atoms with Gasteiger partial charge in [0.1, 0.15) is 11.4 Å². The van der Waals surface area contributed by atoms with Crippen LogP contribution in [0.5, 0.6) is 5.75 Å². The molecule has 8 nitrogen and oxygen atoms in total. The number of anilines is 1. The van der Waals surface area contributed by atoms with Crippen LogP contribution in [0.3, 0.4) is 0 Å². The Kier molecular flexibility index (Phi) is 5.35. The normalized spacial score (nSPS) is 11.4. The van der Waals surface area contributed by atoms with Gasteiger partial charge in [-0.2, -0.15) is 5.10 Å². The second-order valence-corrected chi connectivity index (χ2v) is 8.35. The first-order valence-electron chi connectivity index (χ1n) is 9.52. The summed E-state index contributed by atoms with van der Waals surface area (Å²) in [6.07, 6.45) is 1.60. The number of ether oxygens (including phenoxy) is 1. The number of nitrogens with zero attached hydrogens (tertiary/aromatic N) is 2. The number of aromatic nitrogens is 2. The SMILES string of the molecule is CCOc1ccc(S(=O)(=O)Nc2ccc(-n3ccc(C(N)=O)n3)cc2)c2ccccc12. The van der Waals surface area contributed by atoms with Crippen molar-refractivity contribution in [3.63, 3.8) is 0 Å². The van der Waals surface area contributed by atoms with Crippen LogP contribution in [0.25, 0.3) is 16.5 Å². The van der Waals surface area contributed by atoms with Crippen LogP contribution in [0.4, 0.5) is 5.69 Å². The minimum absolute atomic E-state index is 0.146. The van der Waals surface area contributed by atoms with E-state index in [1.165, 1.54) is 10.7 Å². The van der Waals surface area contributed by atoms with Crippen molar-refractivity contribution in [2.45, 2.75) is 11.8 Å². The summed E-state index contributed by atoms with van der Waals surface area (Å²) in [5, 5.41) is 5.39. The lowest BCUT2D eigenvalue weighted by Crippen LogP contribution is -2.14. The summed E-state index contributed by atoms with van der Waals surface area (Å²) >= 11 is 0. The highest BCUT2D eigenvalue weighted by Crippen LogP contribution is 2.32. The molecule has 3 aromatic carbocycles. The van der Waals surface area contributed by atoms with Crippen molar-refractivity contribution >= 4 is 32.4 Å². The van der Waals surface area contributed by atoms with Gasteiger partial charge < -0.3 is 10.5 Å². The third-order valence-corrected chi connectivity index (χ3v) is 6.10. The monoisotopic (exact) mass is 436 g/mol. The van der Waals surface area contributed by atoms with Crippen molar-refractivity contribution in [1.82, 2.24) is 9.78 Å². The molecule has 0 spiro atoms. The molecule has 0 aliphatic carbocycles. The highest BCUT2D eigenvalue weighted by atomic mass is 32.2. The van der Waals surface area contributed by atoms with E-state index in [-0.39, 0.29) is 10.6 Å². The molecule has 4 aromatic rings. The Morgan fingerprint density at radius 1 is 1.03 bits per heavy atom. The summed E-state index contributed by atoms with van der Waals surface area (Å²) in [6, 6.07) is 18.5. The molecule has 9 heteroatoms. The molecule has 0 aliphatic rings. The van der Waals surface area contributed by atoms with Crippen molar-refractivity contribution in [2.24, 2.45) is 5.73 Å². The zero-order valence-electron chi connectivity index (χ0n) is 16.6. The summed E-state index contributed by atoms with van der Waals surface area (Å²) < 4.78 is 35.9. The minimum Gasteiger partial charge on any atom is -0.493 e. The molecule has 0 saturated heterocycles. The highest BCUT2D eigenvalue weighted by molar-refractivity contribution is 7.93. The quantitative estimate of drug-likeness (QED) is 0.461. The van der Waals surface area contributed by atoms with E-state index >= 15 is 0 Å². The van der Waals surface area contributed by atoms with E-state index in [0.717, 1.165) is 5.39 Å². The van der Waals surface area contributed by atoms with Crippen LogP contribution >= 0.6 is 0 Å². The van der Waals surface area contributed by atoms with Crippen LogP contribution in [0.2, 0.25) is 0 Å². The fourth-order valence-electron chi connectivity index (χ4n) is 3.25. The number of amides is 1. The number of benzene rings is 3. The number of carbonyl (C=O) groups is 1. The number of carbonyl (C=O) groups excluding carboxylic acids is 1. The molecule has 0 fully saturated rings. The first-order chi connectivity index (χ1) is 14.9. The molecule has 1 amide bonds. The first kappa shape index (κ1) is 20.4. The summed E-state index contributed by atoms with van der Waals surface area (Å²) in [4.78, 5) is 11.4. The van der Waals surface area contributed by atoms with E-state index in [1.807, 2.05) is 19.1 Å². The molecule has 0 aliphatic heterocycles. The second-order valence-electron chi connectivity index (χ2n) is 6.70. The van der Waals surface area contributed by atoms with Gasteiger partial charge in [-0.1, -0.05) is 24.3 Å². The Bertz CT molecular complexity index is 1360. The van der Waals surface area contributed by atoms with Crippen molar-refractivity contribution < 1.29 is 17.9 Å². The number of fused-ring (bicyclic) bond motifs is 1. The standard InChI is InChI=1S/C22H20N4O4S/c1-2-30-20-11-12-21(18-6-4-3-5-17(18)20)31(28,29)25-15-7-9-16(10-8-15)26-14-13-19(24-26)22(23)27/h3-14,25H,2H2,1H3,(H2,23,27). The zero-order valence-corrected chi connectivity index (χ0v) is 17.5. The van der Waals surface area contributed by atoms with Gasteiger partial charge in [0.2, 0.25) is 0 Å². The van der Waals surface area contributed by atoms with Crippen LogP contribution in [-0.4, -0.2) is 30.7 Å². The number of primary amides is 1. The zero-order chi connectivity index (χ0) is 22.0. The Hall–Kier alpha value is -3.85. The van der Waals surface area contributed by atoms with Crippen LogP contribution in [0.1, 0.15) is 17.4 Å². The summed E-state index contributed by atoms with van der Waals surface area (Å²) in [7, 11) is -3.85. The smallest absolute Gasteiger partial charge is 0.269 e. The van der Waals surface area contributed by atoms with Gasteiger partial charge in [-0.25, -0.2) is 13.1 Å². The van der Waals surface area contributed by atoms with E-state index in [4.69, 9.17) is 10.5 Å². The maximum atomic E-state index is 13.1. The van der Waals surface area contributed by atoms with Gasteiger partial charge in [0.05, 0.1) is 17.2 Å². The number of hydrogen-bond acceptors (Lipinski definition) is 5. The largest absolute Gasteiger partial charge is 0.493 e. The van der Waals surface area contributed by atoms with Gasteiger partial charge in [0, 0.05) is 22.7 Å². The van der Waals surface area contributed by atoms with E-state index in [2.05, 4.69) is 9.82 Å². The van der Waals surface area contributed by atoms with Crippen LogP contribution < -0.4 is 15.2 Å². The summed E-state index contributed by atoms with van der Waals surface area (Å²) in [6.45, 7) is 2.36. The Balaban J connectivity index is 1.63. The average Bonchev–Trinajstić information content (AvgIpc) is 3.25. The lowest BCUT2D eigenvalue weighted by molar-refractivity contribution is 0.0995. The van der Waals surface area contributed by atoms with Gasteiger partial charge in [0.15, 0.2) is 0 Å². The van der Waals surface area contributed by atoms with Crippen molar-refractivity contribution in [3.05, 3.63) is 78.6 Å². The number of sulfonamides is 1. The van der Waals surface area contributed by atoms with Crippen molar-refractivity contribution in [3.8, 4) is 11.4 Å². The Labute approximate surface area is 179 Å². The number of rotatable bonds is 7. The lowest BCUT2D eigenvalue weighted by atomic mass is 10.1. The van der Waals surface area contributed by atoms with Crippen molar-refractivity contribution in [1.29, 1.82) is 0 Å². The predicted octanol–water partition coefficient (Wildman–Crippen LogP) is 3.32. The Morgan fingerprint density at radius 3 is 2.39 bits per heavy atom. The van der Waals surface area contributed by atoms with Crippen LogP contribution in [0.15, 0.2) is 77.8 Å². The molecule has 0 saturated carbocycles. The maximum absolute atomic E-state index is 13.1. The molecule has 1 heterocycles. The van der Waals surface area contributed by atoms with Gasteiger partial charge in [-0.15, -0.1) is 0 Å². The maximum Gasteiger partial charge on any atom is 0.269 e. The molecular weight excluding hydrogens is 416 g/mol. The molecule has 0 bridgehead atoms. The third kappa shape index (κ3) is 4.08. The van der Waals surface area contributed by atoms with Gasteiger partial charge >= 0.3 is 0 Å². The molecule has 3 N–H and O–H groups in total. The Morgan fingerprint density at radius 2 is 1.74 bits per heavy atom. The molecular formula is C22H20N4O4S. The van der Waals surface area contributed by atoms with Gasteiger partial charge in [-0.3, -0.25) is 9.52 Å². The molecule has 0 unspecified atom stereocenters. The van der Waals surface area contributed by atoms with Crippen LogP contribution in [-0.2, 0) is 10.0 Å². The molecule has 31 heavy (non-hydrogen) atoms. The number of hydrogen-bond donors (Lipinski definition) is 2. The van der Waals surface area contributed by atoms with E-state index in [0.29, 0.717) is 29.1 Å². The molecule has 0 atom stereocenters. The van der Waals surface area contributed by atoms with E-state index < -0.39 is 15.9 Å². The fraction of sp³-hybridized carbons (Fsp3) is 0.0909. The topological polar surface area (TPSA) is 116 Å². The van der Waals surface area contributed by atoms with Crippen molar-refractivity contribution in [2.75, 3.05) is 11.3 Å². The average molecular weight is 436 g/mol. The molecule has 158 valence electrons. The second kappa shape index (κ2) is 8.11. The number of nitrogens with two attached hydrogens (primary N) is 1. The first-order valence-corrected chi connectivity index (χ1v) is 11.0. The number of nitrogens with one attached hydrogen (secondary N) is 1. The molecule has 0 radical (unpaired) electrons. The predicted molar refractivity (Wildman–Crippen MR) is 118 cm³/mol. The van der Waals surface area contributed by atoms with E-state index in [1.54, 1.807) is 54.7 Å². The molecule has 4 rings (SSSR count). The van der Waals surface area contributed by atoms with E-state index in [9.17, 15) is 13.2 Å². The fourth-order valence-corrected chi connectivity index (χ4v) is 4.52. The highest BCUT2D eigenvalue weighted by Gasteiger charge is 2.19.